The van der Waals surface area contributed by atoms with Gasteiger partial charge in [0.05, 0.1) is 18.4 Å². The molecule has 0 fully saturated rings. The van der Waals surface area contributed by atoms with Gasteiger partial charge in [0.15, 0.2) is 5.11 Å². The molecule has 0 radical (unpaired) electrons. The maximum atomic E-state index is 12.3. The molecule has 0 bridgehead atoms. The molecule has 0 unspecified atom stereocenters. The largest absolute Gasteiger partial charge is 0.465 e. The quantitative estimate of drug-likeness (QED) is 0.319. The molecule has 0 amide bonds. The van der Waals surface area contributed by atoms with Crippen molar-refractivity contribution >= 4 is 68.7 Å². The molecule has 1 aliphatic carbocycles. The van der Waals surface area contributed by atoms with E-state index in [4.69, 9.17) is 28.6 Å². The van der Waals surface area contributed by atoms with Crippen molar-refractivity contribution in [2.45, 2.75) is 29.1 Å². The van der Waals surface area contributed by atoms with Crippen molar-refractivity contribution in [1.29, 1.82) is 0 Å². The summed E-state index contributed by atoms with van der Waals surface area (Å²) >= 11 is 14.7. The van der Waals surface area contributed by atoms with E-state index in [1.165, 1.54) is 12.0 Å². The summed E-state index contributed by atoms with van der Waals surface area (Å²) in [5.41, 5.74) is 2.59. The third kappa shape index (κ3) is 4.64. The molecule has 2 N–H and O–H groups in total. The predicted molar refractivity (Wildman–Crippen MR) is 130 cm³/mol. The van der Waals surface area contributed by atoms with Gasteiger partial charge < -0.3 is 15.4 Å². The Balaban J connectivity index is 1.52. The Bertz CT molecular complexity index is 1100. The van der Waals surface area contributed by atoms with Gasteiger partial charge in [-0.1, -0.05) is 35.5 Å². The van der Waals surface area contributed by atoms with Gasteiger partial charge in [-0.3, -0.25) is 0 Å². The summed E-state index contributed by atoms with van der Waals surface area (Å²) in [7, 11) is 1.41. The van der Waals surface area contributed by atoms with E-state index >= 15 is 0 Å². The van der Waals surface area contributed by atoms with Crippen LogP contribution >= 0.6 is 46.9 Å². The zero-order valence-electron chi connectivity index (χ0n) is 16.2. The van der Waals surface area contributed by atoms with Crippen LogP contribution in [0.2, 0.25) is 5.02 Å². The Hall–Kier alpha value is -2.06. The summed E-state index contributed by atoms with van der Waals surface area (Å²) in [6.45, 7) is 0. The van der Waals surface area contributed by atoms with Crippen molar-refractivity contribution in [2.75, 3.05) is 17.7 Å². The summed E-state index contributed by atoms with van der Waals surface area (Å²) in [6.07, 6.45) is 2.97. The summed E-state index contributed by atoms with van der Waals surface area (Å²) in [5.74, 6) is -0.321. The van der Waals surface area contributed by atoms with Crippen LogP contribution in [0.15, 0.2) is 58.3 Å². The molecule has 0 saturated heterocycles. The topological polar surface area (TPSA) is 50.4 Å². The second-order valence-electron chi connectivity index (χ2n) is 6.68. The number of para-hydroxylation sites is 1. The first-order valence-corrected chi connectivity index (χ1v) is 11.8. The zero-order chi connectivity index (χ0) is 21.1. The van der Waals surface area contributed by atoms with Crippen molar-refractivity contribution in [1.82, 2.24) is 0 Å². The van der Waals surface area contributed by atoms with Crippen LogP contribution in [-0.4, -0.2) is 18.2 Å². The first kappa shape index (κ1) is 21.2. The van der Waals surface area contributed by atoms with Crippen LogP contribution in [0.25, 0.3) is 0 Å². The molecule has 2 aromatic carbocycles. The van der Waals surface area contributed by atoms with Gasteiger partial charge in [-0.15, -0.1) is 11.3 Å². The molecule has 0 spiro atoms. The van der Waals surface area contributed by atoms with Gasteiger partial charge in [-0.2, -0.15) is 0 Å². The molecule has 30 heavy (non-hydrogen) atoms. The van der Waals surface area contributed by atoms with Crippen LogP contribution in [0.4, 0.5) is 10.7 Å². The van der Waals surface area contributed by atoms with E-state index in [1.54, 1.807) is 23.1 Å². The minimum Gasteiger partial charge on any atom is -0.465 e. The number of methoxy groups -OCH3 is 1. The van der Waals surface area contributed by atoms with Gasteiger partial charge in [-0.25, -0.2) is 4.79 Å². The van der Waals surface area contributed by atoms with Crippen molar-refractivity contribution < 1.29 is 9.53 Å². The van der Waals surface area contributed by atoms with E-state index in [0.29, 0.717) is 15.7 Å². The van der Waals surface area contributed by atoms with Gasteiger partial charge in [-0.05, 0) is 73.4 Å². The van der Waals surface area contributed by atoms with Gasteiger partial charge in [0.25, 0.3) is 0 Å². The number of fused-ring (bicyclic) bond motifs is 1. The number of hydrogen-bond acceptors (Lipinski definition) is 5. The Morgan fingerprint density at radius 3 is 2.67 bits per heavy atom. The van der Waals surface area contributed by atoms with Crippen molar-refractivity contribution in [3.63, 3.8) is 0 Å². The fraction of sp³-hybridized carbons (Fsp3) is 0.182. The highest BCUT2D eigenvalue weighted by Crippen LogP contribution is 2.40. The average Bonchev–Trinajstić information content (AvgIpc) is 3.31. The first-order chi connectivity index (χ1) is 14.5. The Kier molecular flexibility index (Phi) is 6.63. The number of rotatable bonds is 5. The fourth-order valence-corrected chi connectivity index (χ4v) is 5.94. The second kappa shape index (κ2) is 9.39. The number of ether oxygens (including phenoxy) is 1. The minimum atomic E-state index is -0.321. The SMILES string of the molecule is COC(=O)c1c(NC(=S)Nc2ccccc2Sc2ccc(Cl)cc2)sc2c1CCC2. The molecule has 0 saturated carbocycles. The summed E-state index contributed by atoms with van der Waals surface area (Å²) in [5, 5.41) is 8.37. The number of nitrogens with one attached hydrogen (secondary N) is 2. The smallest absolute Gasteiger partial charge is 0.341 e. The van der Waals surface area contributed by atoms with Gasteiger partial charge in [0.1, 0.15) is 5.00 Å². The molecule has 1 aliphatic rings. The molecule has 4 rings (SSSR count). The molecule has 3 aromatic rings. The molecule has 0 aliphatic heterocycles. The number of esters is 1. The Morgan fingerprint density at radius 2 is 1.90 bits per heavy atom. The number of carbonyl (C=O) groups is 1. The van der Waals surface area contributed by atoms with Crippen LogP contribution < -0.4 is 10.6 Å². The van der Waals surface area contributed by atoms with E-state index < -0.39 is 0 Å². The van der Waals surface area contributed by atoms with Gasteiger partial charge >= 0.3 is 5.97 Å². The number of hydrogen-bond donors (Lipinski definition) is 2. The molecule has 1 heterocycles. The number of halogens is 1. The highest BCUT2D eigenvalue weighted by atomic mass is 35.5. The predicted octanol–water partition coefficient (Wildman–Crippen LogP) is 6.64. The molecular formula is C22H19ClN2O2S3. The van der Waals surface area contributed by atoms with Gasteiger partial charge in [0, 0.05) is 19.7 Å². The number of carbonyl (C=O) groups excluding carboxylic acids is 1. The highest BCUT2D eigenvalue weighted by molar-refractivity contribution is 7.99. The third-order valence-corrected chi connectivity index (χ3v) is 7.46. The molecule has 154 valence electrons. The van der Waals surface area contributed by atoms with Crippen molar-refractivity contribution in [2.24, 2.45) is 0 Å². The maximum Gasteiger partial charge on any atom is 0.341 e. The molecule has 8 heteroatoms. The van der Waals surface area contributed by atoms with Crippen LogP contribution in [0.3, 0.4) is 0 Å². The van der Waals surface area contributed by atoms with Crippen molar-refractivity contribution in [3.8, 4) is 0 Å². The summed E-state index contributed by atoms with van der Waals surface area (Å²) in [4.78, 5) is 15.7. The standard InChI is InChI=1S/C22H19ClN2O2S3/c1-27-21(26)19-15-5-4-8-17(15)30-20(19)25-22(28)24-16-6-2-3-7-18(16)29-14-11-9-13(23)10-12-14/h2-3,6-7,9-12H,4-5,8H2,1H3,(H2,24,25,28). The lowest BCUT2D eigenvalue weighted by molar-refractivity contribution is 0.0601. The van der Waals surface area contributed by atoms with E-state index in [-0.39, 0.29) is 5.97 Å². The number of aryl methyl sites for hydroxylation is 1. The van der Waals surface area contributed by atoms with E-state index in [2.05, 4.69) is 10.6 Å². The van der Waals surface area contributed by atoms with Crippen LogP contribution in [0.1, 0.15) is 27.2 Å². The van der Waals surface area contributed by atoms with Crippen LogP contribution in [0.5, 0.6) is 0 Å². The first-order valence-electron chi connectivity index (χ1n) is 9.38. The molecule has 0 atom stereocenters. The molecule has 4 nitrogen and oxygen atoms in total. The maximum absolute atomic E-state index is 12.3. The summed E-state index contributed by atoms with van der Waals surface area (Å²) in [6, 6.07) is 15.7. The monoisotopic (exact) mass is 474 g/mol. The lowest BCUT2D eigenvalue weighted by atomic mass is 10.1. The Morgan fingerprint density at radius 1 is 1.13 bits per heavy atom. The minimum absolute atomic E-state index is 0.321. The van der Waals surface area contributed by atoms with E-state index in [9.17, 15) is 4.79 Å². The van der Waals surface area contributed by atoms with E-state index in [0.717, 1.165) is 45.3 Å². The van der Waals surface area contributed by atoms with Crippen molar-refractivity contribution in [3.05, 3.63) is 69.6 Å². The van der Waals surface area contributed by atoms with Crippen LogP contribution in [0, 0.1) is 0 Å². The second-order valence-corrected chi connectivity index (χ2v) is 9.75. The highest BCUT2D eigenvalue weighted by Gasteiger charge is 2.27. The number of anilines is 2. The van der Waals surface area contributed by atoms with E-state index in [1.807, 2.05) is 48.5 Å². The molecular weight excluding hydrogens is 456 g/mol. The normalized spacial score (nSPS) is 12.3. The number of benzene rings is 2. The van der Waals surface area contributed by atoms with Crippen LogP contribution in [-0.2, 0) is 17.6 Å². The zero-order valence-corrected chi connectivity index (χ0v) is 19.4. The lowest BCUT2D eigenvalue weighted by Gasteiger charge is -2.14. The third-order valence-electron chi connectivity index (χ3n) is 4.71. The fourth-order valence-electron chi connectivity index (χ4n) is 3.36. The lowest BCUT2D eigenvalue weighted by Crippen LogP contribution is -2.20. The van der Waals surface area contributed by atoms with Gasteiger partial charge in [0.2, 0.25) is 0 Å². The molecule has 1 aromatic heterocycles. The Labute approximate surface area is 194 Å². The number of thiophene rings is 1. The summed E-state index contributed by atoms with van der Waals surface area (Å²) < 4.78 is 5.01. The average molecular weight is 475 g/mol. The number of thiocarbonyl (C=S) groups is 1.